The lowest BCUT2D eigenvalue weighted by molar-refractivity contribution is 0.342. The van der Waals surface area contributed by atoms with Crippen molar-refractivity contribution in [2.45, 2.75) is 26.3 Å². The molecule has 1 rings (SSSR count). The molecule has 0 N–H and O–H groups in total. The van der Waals surface area contributed by atoms with Crippen LogP contribution in [-0.2, 0) is 6.54 Å². The highest BCUT2D eigenvalue weighted by Gasteiger charge is 2.05. The predicted octanol–water partition coefficient (Wildman–Crippen LogP) is 1.53. The summed E-state index contributed by atoms with van der Waals surface area (Å²) in [5, 5.41) is 0. The predicted molar refractivity (Wildman–Crippen MR) is 59.2 cm³/mol. The normalized spacial score (nSPS) is 10.0. The molecule has 4 nitrogen and oxygen atoms in total. The van der Waals surface area contributed by atoms with Crippen LogP contribution in [-0.4, -0.2) is 16.7 Å². The summed E-state index contributed by atoms with van der Waals surface area (Å²) < 4.78 is 6.60. The number of methoxy groups -OCH3 is 1. The highest BCUT2D eigenvalue weighted by molar-refractivity contribution is 5.06. The van der Waals surface area contributed by atoms with Crippen LogP contribution in [0.5, 0.6) is 6.01 Å². The third kappa shape index (κ3) is 2.94. The van der Waals surface area contributed by atoms with Crippen molar-refractivity contribution in [3.63, 3.8) is 0 Å². The van der Waals surface area contributed by atoms with Gasteiger partial charge in [-0.3, -0.25) is 9.36 Å². The van der Waals surface area contributed by atoms with Crippen molar-refractivity contribution in [2.75, 3.05) is 7.11 Å². The second-order valence-corrected chi connectivity index (χ2v) is 3.30. The number of ether oxygens (including phenoxy) is 1. The average molecular weight is 208 g/mol. The van der Waals surface area contributed by atoms with Crippen molar-refractivity contribution >= 4 is 0 Å². The van der Waals surface area contributed by atoms with Gasteiger partial charge in [0.25, 0.3) is 11.6 Å². The average Bonchev–Trinajstić information content (AvgIpc) is 2.20. The highest BCUT2D eigenvalue weighted by atomic mass is 16.5. The Morgan fingerprint density at radius 1 is 1.67 bits per heavy atom. The molecule has 0 aliphatic rings. The van der Waals surface area contributed by atoms with E-state index >= 15 is 0 Å². The third-order valence-electron chi connectivity index (χ3n) is 2.07. The fourth-order valence-corrected chi connectivity index (χ4v) is 1.35. The molecule has 0 aromatic carbocycles. The fraction of sp³-hybridized carbons (Fsp3) is 0.455. The van der Waals surface area contributed by atoms with Gasteiger partial charge in [0.15, 0.2) is 0 Å². The van der Waals surface area contributed by atoms with Gasteiger partial charge in [-0.25, -0.2) is 4.98 Å². The second-order valence-electron chi connectivity index (χ2n) is 3.30. The molecule has 0 aliphatic carbocycles. The molecule has 0 amide bonds. The van der Waals surface area contributed by atoms with Crippen LogP contribution >= 0.6 is 0 Å². The standard InChI is InChI=1S/C11H16N2O2/c1-4-5-6-7-13-10(14)8-9(2)12-11(13)15-3/h4,8H,1,5-7H2,2-3H3. The summed E-state index contributed by atoms with van der Waals surface area (Å²) in [6.45, 7) is 6.02. The minimum atomic E-state index is -0.0663. The van der Waals surface area contributed by atoms with Gasteiger partial charge in [0.1, 0.15) is 0 Å². The Balaban J connectivity index is 2.94. The van der Waals surface area contributed by atoms with Crippen LogP contribution in [0.1, 0.15) is 18.5 Å². The number of unbranched alkanes of at least 4 members (excludes halogenated alkanes) is 1. The molecule has 0 saturated heterocycles. The maximum Gasteiger partial charge on any atom is 0.299 e. The monoisotopic (exact) mass is 208 g/mol. The molecule has 0 spiro atoms. The molecule has 0 unspecified atom stereocenters. The molecule has 1 aromatic heterocycles. The molecule has 0 bridgehead atoms. The molecule has 0 saturated carbocycles. The van der Waals surface area contributed by atoms with Crippen LogP contribution in [0.15, 0.2) is 23.5 Å². The van der Waals surface area contributed by atoms with Crippen molar-refractivity contribution < 1.29 is 4.74 Å². The van der Waals surface area contributed by atoms with Crippen LogP contribution in [0.2, 0.25) is 0 Å². The van der Waals surface area contributed by atoms with Gasteiger partial charge in [0, 0.05) is 18.3 Å². The molecule has 0 radical (unpaired) electrons. The van der Waals surface area contributed by atoms with Gasteiger partial charge in [0.2, 0.25) is 0 Å². The zero-order valence-electron chi connectivity index (χ0n) is 9.19. The van der Waals surface area contributed by atoms with E-state index in [-0.39, 0.29) is 5.56 Å². The first-order valence-corrected chi connectivity index (χ1v) is 4.92. The Hall–Kier alpha value is -1.58. The highest BCUT2D eigenvalue weighted by Crippen LogP contribution is 2.05. The lowest BCUT2D eigenvalue weighted by atomic mass is 10.3. The quantitative estimate of drug-likeness (QED) is 0.544. The van der Waals surface area contributed by atoms with E-state index < -0.39 is 0 Å². The van der Waals surface area contributed by atoms with E-state index in [0.29, 0.717) is 18.2 Å². The van der Waals surface area contributed by atoms with Gasteiger partial charge in [-0.1, -0.05) is 6.08 Å². The lowest BCUT2D eigenvalue weighted by Crippen LogP contribution is -2.22. The number of hydrogen-bond donors (Lipinski definition) is 0. The minimum absolute atomic E-state index is 0.0663. The molecule has 82 valence electrons. The van der Waals surface area contributed by atoms with Crippen molar-refractivity contribution in [2.24, 2.45) is 0 Å². The summed E-state index contributed by atoms with van der Waals surface area (Å²) in [6.07, 6.45) is 3.58. The molecule has 1 heterocycles. The first kappa shape index (κ1) is 11.5. The Morgan fingerprint density at radius 2 is 2.40 bits per heavy atom. The van der Waals surface area contributed by atoms with Gasteiger partial charge in [-0.05, 0) is 19.8 Å². The maximum atomic E-state index is 11.6. The van der Waals surface area contributed by atoms with Crippen LogP contribution in [0.4, 0.5) is 0 Å². The molecule has 0 atom stereocenters. The van der Waals surface area contributed by atoms with Crippen LogP contribution in [0, 0.1) is 6.92 Å². The van der Waals surface area contributed by atoms with Gasteiger partial charge in [0.05, 0.1) is 7.11 Å². The van der Waals surface area contributed by atoms with Gasteiger partial charge in [-0.2, -0.15) is 0 Å². The number of allylic oxidation sites excluding steroid dienone is 1. The zero-order valence-corrected chi connectivity index (χ0v) is 9.19. The van der Waals surface area contributed by atoms with E-state index in [2.05, 4.69) is 11.6 Å². The number of aromatic nitrogens is 2. The number of hydrogen-bond acceptors (Lipinski definition) is 3. The first-order valence-electron chi connectivity index (χ1n) is 4.92. The van der Waals surface area contributed by atoms with Gasteiger partial charge in [-0.15, -0.1) is 6.58 Å². The summed E-state index contributed by atoms with van der Waals surface area (Å²) in [5.74, 6) is 0. The number of rotatable bonds is 5. The molecule has 4 heteroatoms. The maximum absolute atomic E-state index is 11.6. The molecule has 1 aromatic rings. The first-order chi connectivity index (χ1) is 7.19. The fourth-order valence-electron chi connectivity index (χ4n) is 1.35. The van der Waals surface area contributed by atoms with Crippen LogP contribution < -0.4 is 10.3 Å². The third-order valence-corrected chi connectivity index (χ3v) is 2.07. The van der Waals surface area contributed by atoms with Crippen LogP contribution in [0.3, 0.4) is 0 Å². The summed E-state index contributed by atoms with van der Waals surface area (Å²) in [7, 11) is 1.52. The minimum Gasteiger partial charge on any atom is -0.468 e. The smallest absolute Gasteiger partial charge is 0.299 e. The van der Waals surface area contributed by atoms with Crippen molar-refractivity contribution in [3.8, 4) is 6.01 Å². The zero-order chi connectivity index (χ0) is 11.3. The topological polar surface area (TPSA) is 44.1 Å². The Bertz CT molecular complexity index is 396. The van der Waals surface area contributed by atoms with E-state index in [1.54, 1.807) is 6.92 Å². The molecular weight excluding hydrogens is 192 g/mol. The number of aryl methyl sites for hydroxylation is 1. The summed E-state index contributed by atoms with van der Waals surface area (Å²) in [4.78, 5) is 15.8. The van der Waals surface area contributed by atoms with Gasteiger partial charge >= 0.3 is 0 Å². The lowest BCUT2D eigenvalue weighted by Gasteiger charge is -2.09. The van der Waals surface area contributed by atoms with Crippen molar-refractivity contribution in [1.29, 1.82) is 0 Å². The Labute approximate surface area is 89.2 Å². The molecule has 0 fully saturated rings. The largest absolute Gasteiger partial charge is 0.468 e. The van der Waals surface area contributed by atoms with E-state index in [4.69, 9.17) is 4.74 Å². The summed E-state index contributed by atoms with van der Waals surface area (Å²) >= 11 is 0. The SMILES string of the molecule is C=CCCCn1c(OC)nc(C)cc1=O. The number of nitrogens with zero attached hydrogens (tertiary/aromatic N) is 2. The van der Waals surface area contributed by atoms with E-state index in [1.165, 1.54) is 17.7 Å². The van der Waals surface area contributed by atoms with Gasteiger partial charge < -0.3 is 4.74 Å². The van der Waals surface area contributed by atoms with E-state index in [1.807, 2.05) is 6.08 Å². The van der Waals surface area contributed by atoms with Crippen molar-refractivity contribution in [3.05, 3.63) is 34.8 Å². The van der Waals surface area contributed by atoms with Crippen LogP contribution in [0.25, 0.3) is 0 Å². The second kappa shape index (κ2) is 5.34. The Kier molecular flexibility index (Phi) is 4.09. The van der Waals surface area contributed by atoms with Crippen molar-refractivity contribution in [1.82, 2.24) is 9.55 Å². The summed E-state index contributed by atoms with van der Waals surface area (Å²) in [6, 6.07) is 1.89. The Morgan fingerprint density at radius 3 is 3.00 bits per heavy atom. The molecule has 0 aliphatic heterocycles. The van der Waals surface area contributed by atoms with E-state index in [9.17, 15) is 4.79 Å². The molecule has 15 heavy (non-hydrogen) atoms. The molecular formula is C11H16N2O2. The van der Waals surface area contributed by atoms with E-state index in [0.717, 1.165) is 12.8 Å². The summed E-state index contributed by atoms with van der Waals surface area (Å²) in [5.41, 5.74) is 0.611.